The first-order valence-electron chi connectivity index (χ1n) is 9.50. The van der Waals surface area contributed by atoms with Gasteiger partial charge in [0.25, 0.3) is 0 Å². The van der Waals surface area contributed by atoms with Crippen LogP contribution in [0.25, 0.3) is 0 Å². The van der Waals surface area contributed by atoms with Crippen molar-refractivity contribution < 1.29 is 9.59 Å². The first-order chi connectivity index (χ1) is 12.4. The normalized spacial score (nSPS) is 16.9. The molecule has 1 fully saturated rings. The average molecular weight is 354 g/mol. The van der Waals surface area contributed by atoms with Gasteiger partial charge in [-0.15, -0.1) is 6.42 Å². The van der Waals surface area contributed by atoms with Gasteiger partial charge in [0.2, 0.25) is 5.91 Å². The summed E-state index contributed by atoms with van der Waals surface area (Å²) in [5.74, 6) is 3.25. The molecule has 0 radical (unpaired) electrons. The van der Waals surface area contributed by atoms with Crippen LogP contribution in [0.1, 0.15) is 49.5 Å². The minimum absolute atomic E-state index is 0.0446. The van der Waals surface area contributed by atoms with Crippen LogP contribution in [0, 0.1) is 24.2 Å². The van der Waals surface area contributed by atoms with Crippen molar-refractivity contribution in [1.29, 1.82) is 0 Å². The van der Waals surface area contributed by atoms with Gasteiger partial charge >= 0.3 is 0 Å². The quantitative estimate of drug-likeness (QED) is 0.605. The summed E-state index contributed by atoms with van der Waals surface area (Å²) in [6, 6.07) is 7.85. The molecule has 0 unspecified atom stereocenters. The summed E-state index contributed by atoms with van der Waals surface area (Å²) in [6.45, 7) is 8.05. The molecule has 1 aliphatic heterocycles. The number of hydrogen-bond acceptors (Lipinski definition) is 3. The van der Waals surface area contributed by atoms with Crippen LogP contribution in [-0.4, -0.2) is 42.3 Å². The molecule has 0 aliphatic carbocycles. The first-order valence-corrected chi connectivity index (χ1v) is 9.50. The van der Waals surface area contributed by atoms with Gasteiger partial charge in [0.05, 0.1) is 12.6 Å². The zero-order chi connectivity index (χ0) is 19.1. The van der Waals surface area contributed by atoms with Crippen LogP contribution in [0.4, 0.5) is 0 Å². The first kappa shape index (κ1) is 20.2. The van der Waals surface area contributed by atoms with Crippen LogP contribution in [0.3, 0.4) is 0 Å². The van der Waals surface area contributed by atoms with Crippen LogP contribution in [0.2, 0.25) is 0 Å². The van der Waals surface area contributed by atoms with Crippen LogP contribution in [0.5, 0.6) is 0 Å². The summed E-state index contributed by atoms with van der Waals surface area (Å²) >= 11 is 0. The van der Waals surface area contributed by atoms with Gasteiger partial charge in [-0.25, -0.2) is 0 Å². The molecule has 1 atom stereocenters. The van der Waals surface area contributed by atoms with Gasteiger partial charge in [0.15, 0.2) is 5.78 Å². The summed E-state index contributed by atoms with van der Waals surface area (Å²) in [6.07, 6.45) is 7.80. The molecule has 1 saturated heterocycles. The SMILES string of the molecule is C#CCNC(=O)[C@H](C)N1CCC(C(=O)c2ccc(CC(C)C)cc2)CC1. The van der Waals surface area contributed by atoms with Crippen LogP contribution in [0.15, 0.2) is 24.3 Å². The highest BCUT2D eigenvalue weighted by Gasteiger charge is 2.30. The van der Waals surface area contributed by atoms with Gasteiger partial charge in [0, 0.05) is 11.5 Å². The van der Waals surface area contributed by atoms with Gasteiger partial charge in [-0.3, -0.25) is 14.5 Å². The molecule has 1 aromatic rings. The Morgan fingerprint density at radius 3 is 2.35 bits per heavy atom. The number of amides is 1. The smallest absolute Gasteiger partial charge is 0.237 e. The molecule has 26 heavy (non-hydrogen) atoms. The van der Waals surface area contributed by atoms with Crippen molar-refractivity contribution in [2.24, 2.45) is 11.8 Å². The van der Waals surface area contributed by atoms with E-state index in [2.05, 4.69) is 42.1 Å². The number of Topliss-reactive ketones (excluding diaryl/α,β-unsaturated/α-hetero) is 1. The van der Waals surface area contributed by atoms with E-state index in [0.29, 0.717) is 5.92 Å². The third-order valence-corrected chi connectivity index (χ3v) is 5.07. The average Bonchev–Trinajstić information content (AvgIpc) is 2.65. The number of rotatable bonds is 7. The van der Waals surface area contributed by atoms with E-state index in [-0.39, 0.29) is 30.2 Å². The molecule has 1 aliphatic rings. The van der Waals surface area contributed by atoms with E-state index in [1.165, 1.54) is 5.56 Å². The predicted octanol–water partition coefficient (Wildman–Crippen LogP) is 2.92. The molecule has 1 N–H and O–H groups in total. The van der Waals surface area contributed by atoms with E-state index >= 15 is 0 Å². The fourth-order valence-electron chi connectivity index (χ4n) is 3.51. The zero-order valence-corrected chi connectivity index (χ0v) is 16.1. The van der Waals surface area contributed by atoms with Gasteiger partial charge in [-0.05, 0) is 50.8 Å². The maximum absolute atomic E-state index is 12.8. The lowest BCUT2D eigenvalue weighted by Gasteiger charge is -2.34. The highest BCUT2D eigenvalue weighted by atomic mass is 16.2. The summed E-state index contributed by atoms with van der Waals surface area (Å²) in [5.41, 5.74) is 2.08. The third kappa shape index (κ3) is 5.44. The molecule has 0 spiro atoms. The number of nitrogens with zero attached hydrogens (tertiary/aromatic N) is 1. The zero-order valence-electron chi connectivity index (χ0n) is 16.1. The molecule has 4 nitrogen and oxygen atoms in total. The monoisotopic (exact) mass is 354 g/mol. The second-order valence-corrected chi connectivity index (χ2v) is 7.57. The Balaban J connectivity index is 1.88. The molecule has 2 rings (SSSR count). The molecule has 4 heteroatoms. The molecular weight excluding hydrogens is 324 g/mol. The van der Waals surface area contributed by atoms with Crippen molar-refractivity contribution in [1.82, 2.24) is 10.2 Å². The standard InChI is InChI=1S/C22H30N2O2/c1-5-12-23-22(26)17(4)24-13-10-20(11-14-24)21(25)19-8-6-18(7-9-19)15-16(2)3/h1,6-9,16-17,20H,10-15H2,2-4H3,(H,23,26)/t17-/m0/s1. The maximum Gasteiger partial charge on any atom is 0.237 e. The second-order valence-electron chi connectivity index (χ2n) is 7.57. The Labute approximate surface area is 157 Å². The lowest BCUT2D eigenvalue weighted by molar-refractivity contribution is -0.126. The summed E-state index contributed by atoms with van der Waals surface area (Å²) in [5, 5.41) is 2.72. The fraction of sp³-hybridized carbons (Fsp3) is 0.545. The minimum Gasteiger partial charge on any atom is -0.344 e. The van der Waals surface area contributed by atoms with Crippen LogP contribution in [-0.2, 0) is 11.2 Å². The number of likely N-dealkylation sites (tertiary alicyclic amines) is 1. The largest absolute Gasteiger partial charge is 0.344 e. The number of hydrogen-bond donors (Lipinski definition) is 1. The topological polar surface area (TPSA) is 49.4 Å². The van der Waals surface area contributed by atoms with Gasteiger partial charge in [0.1, 0.15) is 0 Å². The minimum atomic E-state index is -0.213. The van der Waals surface area contributed by atoms with Gasteiger partial charge < -0.3 is 5.32 Å². The number of ketones is 1. The van der Waals surface area contributed by atoms with E-state index in [1.807, 2.05) is 19.1 Å². The van der Waals surface area contributed by atoms with Crippen LogP contribution >= 0.6 is 0 Å². The Hall–Kier alpha value is -2.12. The number of carbonyl (C=O) groups excluding carboxylic acids is 2. The van der Waals surface area contributed by atoms with Gasteiger partial charge in [-0.2, -0.15) is 0 Å². The summed E-state index contributed by atoms with van der Waals surface area (Å²) in [7, 11) is 0. The molecule has 1 heterocycles. The van der Waals surface area contributed by atoms with E-state index in [9.17, 15) is 9.59 Å². The molecular formula is C22H30N2O2. The van der Waals surface area contributed by atoms with E-state index < -0.39 is 0 Å². The molecule has 1 aromatic carbocycles. The number of piperidine rings is 1. The Morgan fingerprint density at radius 2 is 1.81 bits per heavy atom. The summed E-state index contributed by atoms with van der Waals surface area (Å²) in [4.78, 5) is 26.9. The highest BCUT2D eigenvalue weighted by molar-refractivity contribution is 5.98. The van der Waals surface area contributed by atoms with Crippen molar-refractivity contribution in [3.63, 3.8) is 0 Å². The van der Waals surface area contributed by atoms with Crippen molar-refractivity contribution in [3.8, 4) is 12.3 Å². The molecule has 0 saturated carbocycles. The Morgan fingerprint density at radius 1 is 1.19 bits per heavy atom. The second kappa shape index (κ2) is 9.54. The van der Waals surface area contributed by atoms with Crippen LogP contribution < -0.4 is 5.32 Å². The number of benzene rings is 1. The molecule has 1 amide bonds. The van der Waals surface area contributed by atoms with E-state index in [0.717, 1.165) is 37.9 Å². The van der Waals surface area contributed by atoms with Crippen molar-refractivity contribution in [2.45, 2.75) is 46.1 Å². The Bertz CT molecular complexity index is 650. The van der Waals surface area contributed by atoms with E-state index in [4.69, 9.17) is 6.42 Å². The van der Waals surface area contributed by atoms with Crippen molar-refractivity contribution >= 4 is 11.7 Å². The third-order valence-electron chi connectivity index (χ3n) is 5.07. The highest BCUT2D eigenvalue weighted by Crippen LogP contribution is 2.23. The van der Waals surface area contributed by atoms with E-state index in [1.54, 1.807) is 0 Å². The molecule has 0 aromatic heterocycles. The van der Waals surface area contributed by atoms with Crippen molar-refractivity contribution in [2.75, 3.05) is 19.6 Å². The lowest BCUT2D eigenvalue weighted by Crippen LogP contribution is -2.49. The lowest BCUT2D eigenvalue weighted by atomic mass is 9.88. The predicted molar refractivity (Wildman–Crippen MR) is 105 cm³/mol. The molecule has 140 valence electrons. The molecule has 0 bridgehead atoms. The number of terminal acetylenes is 1. The Kier molecular flexibility index (Phi) is 7.41. The summed E-state index contributed by atoms with van der Waals surface area (Å²) < 4.78 is 0. The van der Waals surface area contributed by atoms with Crippen molar-refractivity contribution in [3.05, 3.63) is 35.4 Å². The maximum atomic E-state index is 12.8. The number of nitrogens with one attached hydrogen (secondary N) is 1. The number of carbonyl (C=O) groups is 2. The van der Waals surface area contributed by atoms with Gasteiger partial charge in [-0.1, -0.05) is 44.0 Å². The fourth-order valence-corrected chi connectivity index (χ4v) is 3.51.